The summed E-state index contributed by atoms with van der Waals surface area (Å²) in [5.74, 6) is 4.55. The zero-order valence-electron chi connectivity index (χ0n) is 12.9. The van der Waals surface area contributed by atoms with Crippen molar-refractivity contribution in [2.75, 3.05) is 17.2 Å². The van der Waals surface area contributed by atoms with E-state index in [0.717, 1.165) is 36.3 Å². The van der Waals surface area contributed by atoms with Crippen LogP contribution < -0.4 is 10.6 Å². The molecule has 0 bridgehead atoms. The van der Waals surface area contributed by atoms with Gasteiger partial charge >= 0.3 is 0 Å². The quantitative estimate of drug-likeness (QED) is 0.796. The number of rotatable bonds is 7. The van der Waals surface area contributed by atoms with Crippen LogP contribution >= 0.6 is 0 Å². The minimum atomic E-state index is 0.597. The Morgan fingerprint density at radius 3 is 2.50 bits per heavy atom. The van der Waals surface area contributed by atoms with E-state index in [1.807, 2.05) is 0 Å². The van der Waals surface area contributed by atoms with Gasteiger partial charge in [-0.3, -0.25) is 0 Å². The van der Waals surface area contributed by atoms with E-state index >= 15 is 0 Å². The Labute approximate surface area is 121 Å². The fraction of sp³-hybridized carbons (Fsp3) is 0.750. The van der Waals surface area contributed by atoms with Gasteiger partial charge in [0.05, 0.1) is 0 Å². The molecule has 4 heteroatoms. The zero-order valence-corrected chi connectivity index (χ0v) is 12.9. The number of hydrogen-bond acceptors (Lipinski definition) is 4. The molecule has 0 radical (unpaired) electrons. The maximum atomic E-state index is 4.79. The summed E-state index contributed by atoms with van der Waals surface area (Å²) < 4.78 is 0. The molecule has 2 unspecified atom stereocenters. The molecule has 20 heavy (non-hydrogen) atoms. The second kappa shape index (κ2) is 5.58. The number of nitrogens with zero attached hydrogens (tertiary/aromatic N) is 2. The summed E-state index contributed by atoms with van der Waals surface area (Å²) in [5.41, 5.74) is 1.17. The Morgan fingerprint density at radius 1 is 1.15 bits per heavy atom. The first kappa shape index (κ1) is 13.7. The maximum Gasteiger partial charge on any atom is 0.136 e. The van der Waals surface area contributed by atoms with E-state index in [4.69, 9.17) is 9.97 Å². The third-order valence-corrected chi connectivity index (χ3v) is 4.42. The minimum Gasteiger partial charge on any atom is -0.370 e. The highest BCUT2D eigenvalue weighted by Crippen LogP contribution is 2.41. The molecule has 0 amide bonds. The van der Waals surface area contributed by atoms with Crippen LogP contribution in [0.4, 0.5) is 11.6 Å². The number of hydrogen-bond donors (Lipinski definition) is 2. The van der Waals surface area contributed by atoms with Gasteiger partial charge in [-0.1, -0.05) is 20.3 Å². The van der Waals surface area contributed by atoms with Crippen molar-refractivity contribution < 1.29 is 0 Å². The molecule has 0 aliphatic heterocycles. The lowest BCUT2D eigenvalue weighted by Gasteiger charge is -2.15. The predicted molar refractivity (Wildman–Crippen MR) is 83.3 cm³/mol. The Hall–Kier alpha value is -1.32. The van der Waals surface area contributed by atoms with Crippen LogP contribution in [-0.4, -0.2) is 22.6 Å². The van der Waals surface area contributed by atoms with Gasteiger partial charge < -0.3 is 10.6 Å². The molecular weight excluding hydrogens is 248 g/mol. The van der Waals surface area contributed by atoms with E-state index in [2.05, 4.69) is 31.4 Å². The fourth-order valence-corrected chi connectivity index (χ4v) is 2.67. The molecule has 0 spiro atoms. The highest BCUT2D eigenvalue weighted by atomic mass is 15.1. The zero-order chi connectivity index (χ0) is 14.1. The summed E-state index contributed by atoms with van der Waals surface area (Å²) in [7, 11) is 0. The summed E-state index contributed by atoms with van der Waals surface area (Å²) in [4.78, 5) is 9.53. The normalized spacial score (nSPS) is 24.6. The molecular formula is C16H26N4. The van der Waals surface area contributed by atoms with Gasteiger partial charge in [-0.15, -0.1) is 0 Å². The molecule has 2 fully saturated rings. The maximum absolute atomic E-state index is 4.79. The molecule has 1 aromatic heterocycles. The van der Waals surface area contributed by atoms with Crippen LogP contribution in [0.2, 0.25) is 0 Å². The summed E-state index contributed by atoms with van der Waals surface area (Å²) >= 11 is 0. The van der Waals surface area contributed by atoms with Crippen LogP contribution in [0, 0.1) is 12.8 Å². The van der Waals surface area contributed by atoms with Crippen molar-refractivity contribution in [2.45, 2.75) is 64.8 Å². The molecule has 2 atom stereocenters. The Bertz CT molecular complexity index is 482. The van der Waals surface area contributed by atoms with E-state index in [9.17, 15) is 0 Å². The van der Waals surface area contributed by atoms with Crippen molar-refractivity contribution in [3.05, 3.63) is 11.4 Å². The first-order valence-corrected chi connectivity index (χ1v) is 8.11. The molecule has 3 rings (SSSR count). The average Bonchev–Trinajstić information content (AvgIpc) is 3.33. The first-order valence-electron chi connectivity index (χ1n) is 8.11. The highest BCUT2D eigenvalue weighted by Gasteiger charge is 2.36. The van der Waals surface area contributed by atoms with Crippen molar-refractivity contribution in [3.63, 3.8) is 0 Å². The standard InChI is InChI=1S/C16H26N4/c1-4-8-17-14-10(3)15(18-13-9-11(13)5-2)20-16(19-14)12-6-7-12/h11-13H,4-9H2,1-3H3,(H2,17,18,19,20). The van der Waals surface area contributed by atoms with Gasteiger partial charge in [0.1, 0.15) is 17.5 Å². The molecule has 1 aromatic rings. The van der Waals surface area contributed by atoms with Gasteiger partial charge in [-0.25, -0.2) is 9.97 Å². The van der Waals surface area contributed by atoms with Crippen LogP contribution in [-0.2, 0) is 0 Å². The minimum absolute atomic E-state index is 0.597. The largest absolute Gasteiger partial charge is 0.370 e. The first-order chi connectivity index (χ1) is 9.72. The molecule has 0 saturated heterocycles. The van der Waals surface area contributed by atoms with Gasteiger partial charge in [-0.05, 0) is 38.5 Å². The molecule has 2 aliphatic carbocycles. The van der Waals surface area contributed by atoms with E-state index in [1.54, 1.807) is 0 Å². The van der Waals surface area contributed by atoms with Crippen molar-refractivity contribution >= 4 is 11.6 Å². The monoisotopic (exact) mass is 274 g/mol. The summed E-state index contributed by atoms with van der Waals surface area (Å²) in [6, 6.07) is 0.625. The third kappa shape index (κ3) is 2.89. The van der Waals surface area contributed by atoms with Crippen LogP contribution in [0.3, 0.4) is 0 Å². The molecule has 2 N–H and O–H groups in total. The molecule has 4 nitrogen and oxygen atoms in total. The molecule has 110 valence electrons. The third-order valence-electron chi connectivity index (χ3n) is 4.42. The summed E-state index contributed by atoms with van der Waals surface area (Å²) in [6.07, 6.45) is 6.16. The lowest BCUT2D eigenvalue weighted by Crippen LogP contribution is -2.13. The van der Waals surface area contributed by atoms with E-state index in [-0.39, 0.29) is 0 Å². The molecule has 0 aromatic carbocycles. The van der Waals surface area contributed by atoms with Crippen molar-refractivity contribution in [1.29, 1.82) is 0 Å². The summed E-state index contributed by atoms with van der Waals surface area (Å²) in [5, 5.41) is 7.09. The summed E-state index contributed by atoms with van der Waals surface area (Å²) in [6.45, 7) is 7.55. The lowest BCUT2D eigenvalue weighted by atomic mass is 10.2. The average molecular weight is 274 g/mol. The fourth-order valence-electron chi connectivity index (χ4n) is 2.67. The van der Waals surface area contributed by atoms with E-state index in [1.165, 1.54) is 31.2 Å². The van der Waals surface area contributed by atoms with Crippen molar-refractivity contribution in [2.24, 2.45) is 5.92 Å². The number of anilines is 2. The van der Waals surface area contributed by atoms with Crippen molar-refractivity contribution in [1.82, 2.24) is 9.97 Å². The molecule has 1 heterocycles. The van der Waals surface area contributed by atoms with Gasteiger partial charge in [0, 0.05) is 24.1 Å². The smallest absolute Gasteiger partial charge is 0.136 e. The highest BCUT2D eigenvalue weighted by molar-refractivity contribution is 5.58. The van der Waals surface area contributed by atoms with E-state index < -0.39 is 0 Å². The Balaban J connectivity index is 1.80. The van der Waals surface area contributed by atoms with Crippen LogP contribution in [0.25, 0.3) is 0 Å². The topological polar surface area (TPSA) is 49.8 Å². The Morgan fingerprint density at radius 2 is 1.90 bits per heavy atom. The lowest BCUT2D eigenvalue weighted by molar-refractivity contribution is 0.771. The van der Waals surface area contributed by atoms with Gasteiger partial charge in [0.15, 0.2) is 0 Å². The number of nitrogens with one attached hydrogen (secondary N) is 2. The number of aromatic nitrogens is 2. The van der Waals surface area contributed by atoms with Crippen LogP contribution in [0.1, 0.15) is 63.3 Å². The second-order valence-corrected chi connectivity index (χ2v) is 6.26. The van der Waals surface area contributed by atoms with Crippen LogP contribution in [0.5, 0.6) is 0 Å². The predicted octanol–water partition coefficient (Wildman–Crippen LogP) is 3.69. The van der Waals surface area contributed by atoms with Gasteiger partial charge in [0.2, 0.25) is 0 Å². The van der Waals surface area contributed by atoms with E-state index in [0.29, 0.717) is 12.0 Å². The van der Waals surface area contributed by atoms with Crippen molar-refractivity contribution in [3.8, 4) is 0 Å². The molecule has 2 aliphatic rings. The SMILES string of the molecule is CCCNc1nc(C2CC2)nc(NC2CC2CC)c1C. The van der Waals surface area contributed by atoms with Gasteiger partial charge in [0.25, 0.3) is 0 Å². The Kier molecular flexibility index (Phi) is 3.81. The van der Waals surface area contributed by atoms with Gasteiger partial charge in [-0.2, -0.15) is 0 Å². The van der Waals surface area contributed by atoms with Crippen LogP contribution in [0.15, 0.2) is 0 Å². The second-order valence-electron chi connectivity index (χ2n) is 6.26. The molecule has 2 saturated carbocycles.